The van der Waals surface area contributed by atoms with Gasteiger partial charge in [-0.05, 0) is 24.9 Å². The third-order valence-corrected chi connectivity index (χ3v) is 5.34. The van der Waals surface area contributed by atoms with Crippen LogP contribution in [0.3, 0.4) is 0 Å². The first-order valence-electron chi connectivity index (χ1n) is 9.57. The molecule has 2 heterocycles. The number of piperidine rings is 1. The van der Waals surface area contributed by atoms with Crippen molar-refractivity contribution >= 4 is 5.91 Å². The first-order chi connectivity index (χ1) is 13.1. The molecule has 1 unspecified atom stereocenters. The van der Waals surface area contributed by atoms with E-state index >= 15 is 0 Å². The number of aromatic nitrogens is 3. The summed E-state index contributed by atoms with van der Waals surface area (Å²) in [5.41, 5.74) is 1.15. The maximum Gasteiger partial charge on any atom is 0.223 e. The Morgan fingerprint density at radius 2 is 2.07 bits per heavy atom. The van der Waals surface area contributed by atoms with Crippen molar-refractivity contribution < 1.29 is 9.90 Å². The molecule has 27 heavy (non-hydrogen) atoms. The fraction of sp³-hybridized carbons (Fsp3) is 0.550. The second-order valence-corrected chi connectivity index (χ2v) is 7.32. The Morgan fingerprint density at radius 3 is 2.78 bits per heavy atom. The van der Waals surface area contributed by atoms with E-state index in [1.807, 2.05) is 49.0 Å². The summed E-state index contributed by atoms with van der Waals surface area (Å²) in [5.74, 6) is 1.99. The van der Waals surface area contributed by atoms with Gasteiger partial charge in [-0.1, -0.05) is 30.3 Å². The molecule has 1 aromatic carbocycles. The second-order valence-electron chi connectivity index (χ2n) is 7.32. The quantitative estimate of drug-likeness (QED) is 0.799. The van der Waals surface area contributed by atoms with E-state index in [9.17, 15) is 9.90 Å². The Hall–Kier alpha value is -2.25. The van der Waals surface area contributed by atoms with Crippen LogP contribution in [0, 0.1) is 0 Å². The SMILES string of the molecule is CN(Cc1ccccc1)C(=O)CCN1CCCC(c2nnc(CO)n2C)C1. The van der Waals surface area contributed by atoms with Crippen LogP contribution in [0.2, 0.25) is 0 Å². The van der Waals surface area contributed by atoms with Gasteiger partial charge < -0.3 is 19.5 Å². The highest BCUT2D eigenvalue weighted by molar-refractivity contribution is 5.76. The average Bonchev–Trinajstić information content (AvgIpc) is 3.07. The topological polar surface area (TPSA) is 74.5 Å². The zero-order valence-corrected chi connectivity index (χ0v) is 16.2. The van der Waals surface area contributed by atoms with E-state index in [2.05, 4.69) is 15.1 Å². The lowest BCUT2D eigenvalue weighted by Gasteiger charge is -2.32. The minimum Gasteiger partial charge on any atom is -0.388 e. The lowest BCUT2D eigenvalue weighted by Crippen LogP contribution is -2.38. The number of aliphatic hydroxyl groups is 1. The van der Waals surface area contributed by atoms with Crippen LogP contribution in [-0.2, 0) is 25.0 Å². The number of rotatable bonds is 7. The number of nitrogens with zero attached hydrogens (tertiary/aromatic N) is 5. The smallest absolute Gasteiger partial charge is 0.223 e. The molecule has 1 saturated heterocycles. The van der Waals surface area contributed by atoms with Gasteiger partial charge in [0, 0.05) is 46.1 Å². The maximum atomic E-state index is 12.5. The number of amides is 1. The van der Waals surface area contributed by atoms with Gasteiger partial charge in [-0.3, -0.25) is 4.79 Å². The predicted molar refractivity (Wildman–Crippen MR) is 103 cm³/mol. The molecule has 0 saturated carbocycles. The van der Waals surface area contributed by atoms with E-state index in [1.165, 1.54) is 0 Å². The van der Waals surface area contributed by atoms with Crippen LogP contribution in [0.5, 0.6) is 0 Å². The van der Waals surface area contributed by atoms with Gasteiger partial charge in [-0.25, -0.2) is 0 Å². The van der Waals surface area contributed by atoms with Crippen molar-refractivity contribution in [3.63, 3.8) is 0 Å². The molecule has 3 rings (SSSR count). The normalized spacial score (nSPS) is 17.8. The highest BCUT2D eigenvalue weighted by atomic mass is 16.3. The number of benzene rings is 1. The summed E-state index contributed by atoms with van der Waals surface area (Å²) in [7, 11) is 3.77. The minimum absolute atomic E-state index is 0.0951. The maximum absolute atomic E-state index is 12.5. The number of likely N-dealkylation sites (tertiary alicyclic amines) is 1. The Morgan fingerprint density at radius 1 is 1.30 bits per heavy atom. The molecule has 0 radical (unpaired) electrons. The third-order valence-electron chi connectivity index (χ3n) is 5.34. The van der Waals surface area contributed by atoms with E-state index in [4.69, 9.17) is 0 Å². The molecule has 7 nitrogen and oxygen atoms in total. The van der Waals surface area contributed by atoms with Gasteiger partial charge in [0.2, 0.25) is 5.91 Å². The number of carbonyl (C=O) groups excluding carboxylic acids is 1. The van der Waals surface area contributed by atoms with E-state index in [1.54, 1.807) is 4.90 Å². The van der Waals surface area contributed by atoms with Crippen LogP contribution in [0.25, 0.3) is 0 Å². The summed E-state index contributed by atoms with van der Waals surface area (Å²) in [6, 6.07) is 10.1. The first kappa shape index (κ1) is 19.5. The first-order valence-corrected chi connectivity index (χ1v) is 9.57. The number of hydrogen-bond donors (Lipinski definition) is 1. The molecule has 2 aromatic rings. The van der Waals surface area contributed by atoms with Crippen molar-refractivity contribution in [2.75, 3.05) is 26.7 Å². The Balaban J connectivity index is 1.50. The van der Waals surface area contributed by atoms with Crippen molar-refractivity contribution in [2.45, 2.75) is 38.3 Å². The second kappa shape index (κ2) is 9.10. The van der Waals surface area contributed by atoms with E-state index in [0.717, 1.165) is 43.9 Å². The van der Waals surface area contributed by atoms with Gasteiger partial charge in [0.15, 0.2) is 5.82 Å². The molecule has 1 fully saturated rings. The Kier molecular flexibility index (Phi) is 6.58. The fourth-order valence-corrected chi connectivity index (χ4v) is 3.73. The molecule has 1 atom stereocenters. The van der Waals surface area contributed by atoms with Crippen molar-refractivity contribution in [1.82, 2.24) is 24.6 Å². The van der Waals surface area contributed by atoms with Crippen molar-refractivity contribution in [2.24, 2.45) is 7.05 Å². The predicted octanol–water partition coefficient (Wildman–Crippen LogP) is 1.54. The van der Waals surface area contributed by atoms with Gasteiger partial charge >= 0.3 is 0 Å². The van der Waals surface area contributed by atoms with Crippen LogP contribution in [-0.4, -0.2) is 62.3 Å². The number of carbonyl (C=O) groups is 1. The summed E-state index contributed by atoms with van der Waals surface area (Å²) in [6.07, 6.45) is 2.67. The van der Waals surface area contributed by atoms with Crippen LogP contribution in [0.4, 0.5) is 0 Å². The molecule has 146 valence electrons. The summed E-state index contributed by atoms with van der Waals surface area (Å²) >= 11 is 0. The standard InChI is InChI=1S/C20H29N5O2/c1-23(13-16-7-4-3-5-8-16)19(27)10-12-25-11-6-9-17(14-25)20-22-21-18(15-26)24(20)2/h3-5,7-8,17,26H,6,9-15H2,1-2H3. The molecule has 0 spiro atoms. The number of hydrogen-bond acceptors (Lipinski definition) is 5. The van der Waals surface area contributed by atoms with Gasteiger partial charge in [0.25, 0.3) is 0 Å². The Labute approximate surface area is 160 Å². The van der Waals surface area contributed by atoms with E-state index < -0.39 is 0 Å². The summed E-state index contributed by atoms with van der Waals surface area (Å²) < 4.78 is 1.90. The van der Waals surface area contributed by atoms with Crippen molar-refractivity contribution in [3.05, 3.63) is 47.5 Å². The van der Waals surface area contributed by atoms with Crippen LogP contribution in [0.1, 0.15) is 42.4 Å². The molecule has 1 amide bonds. The van der Waals surface area contributed by atoms with Crippen LogP contribution >= 0.6 is 0 Å². The highest BCUT2D eigenvalue weighted by Gasteiger charge is 2.26. The van der Waals surface area contributed by atoms with Crippen LogP contribution in [0.15, 0.2) is 30.3 Å². The number of aliphatic hydroxyl groups excluding tert-OH is 1. The molecule has 1 aromatic heterocycles. The summed E-state index contributed by atoms with van der Waals surface area (Å²) in [6.45, 7) is 3.20. The highest BCUT2D eigenvalue weighted by Crippen LogP contribution is 2.25. The minimum atomic E-state index is -0.0951. The summed E-state index contributed by atoms with van der Waals surface area (Å²) in [4.78, 5) is 16.6. The molecule has 1 N–H and O–H groups in total. The van der Waals surface area contributed by atoms with Crippen molar-refractivity contribution in [3.8, 4) is 0 Å². The van der Waals surface area contributed by atoms with Gasteiger partial charge in [-0.15, -0.1) is 10.2 Å². The monoisotopic (exact) mass is 371 g/mol. The van der Waals surface area contributed by atoms with E-state index in [-0.39, 0.29) is 12.5 Å². The van der Waals surface area contributed by atoms with Gasteiger partial charge in [-0.2, -0.15) is 0 Å². The van der Waals surface area contributed by atoms with Crippen molar-refractivity contribution in [1.29, 1.82) is 0 Å². The zero-order chi connectivity index (χ0) is 19.2. The average molecular weight is 371 g/mol. The largest absolute Gasteiger partial charge is 0.388 e. The van der Waals surface area contributed by atoms with Crippen LogP contribution < -0.4 is 0 Å². The summed E-state index contributed by atoms with van der Waals surface area (Å²) in [5, 5.41) is 17.6. The lowest BCUT2D eigenvalue weighted by molar-refractivity contribution is -0.130. The molecule has 7 heteroatoms. The lowest BCUT2D eigenvalue weighted by atomic mass is 9.97. The van der Waals surface area contributed by atoms with E-state index in [0.29, 0.717) is 24.7 Å². The zero-order valence-electron chi connectivity index (χ0n) is 16.2. The molecule has 0 bridgehead atoms. The fourth-order valence-electron chi connectivity index (χ4n) is 3.73. The van der Waals surface area contributed by atoms with Gasteiger partial charge in [0.1, 0.15) is 12.4 Å². The molecular formula is C20H29N5O2. The Bertz CT molecular complexity index is 746. The van der Waals surface area contributed by atoms with Gasteiger partial charge in [0.05, 0.1) is 0 Å². The molecular weight excluding hydrogens is 342 g/mol. The molecule has 1 aliphatic rings. The third kappa shape index (κ3) is 4.93. The molecule has 1 aliphatic heterocycles. The molecule has 0 aliphatic carbocycles.